The molecule has 0 aliphatic heterocycles. The van der Waals surface area contributed by atoms with E-state index in [1.54, 1.807) is 0 Å². The molecular formula is C10H11Cl2F4N. The zero-order valence-electron chi connectivity index (χ0n) is 8.60. The molecule has 2 N–H and O–H groups in total. The van der Waals surface area contributed by atoms with Crippen molar-refractivity contribution in [3.63, 3.8) is 0 Å². The average molecular weight is 292 g/mol. The van der Waals surface area contributed by atoms with Gasteiger partial charge >= 0.3 is 6.18 Å². The minimum Gasteiger partial charge on any atom is -0.324 e. The Morgan fingerprint density at radius 3 is 2.29 bits per heavy atom. The van der Waals surface area contributed by atoms with Gasteiger partial charge in [0.05, 0.1) is 12.2 Å². The summed E-state index contributed by atoms with van der Waals surface area (Å²) in [5, 5.41) is -0.0564. The van der Waals surface area contributed by atoms with E-state index in [2.05, 4.69) is 0 Å². The molecule has 0 aromatic heterocycles. The predicted molar refractivity (Wildman–Crippen MR) is 61.2 cm³/mol. The molecule has 0 aliphatic carbocycles. The number of benzene rings is 1. The van der Waals surface area contributed by atoms with Gasteiger partial charge in [0.25, 0.3) is 0 Å². The summed E-state index contributed by atoms with van der Waals surface area (Å²) in [4.78, 5) is 0. The Kier molecular flexibility index (Phi) is 6.23. The molecule has 0 bridgehead atoms. The lowest BCUT2D eigenvalue weighted by Gasteiger charge is -2.14. The van der Waals surface area contributed by atoms with E-state index in [1.807, 2.05) is 0 Å². The third kappa shape index (κ3) is 4.69. The first-order valence-corrected chi connectivity index (χ1v) is 4.91. The van der Waals surface area contributed by atoms with Crippen molar-refractivity contribution in [2.24, 2.45) is 5.73 Å². The van der Waals surface area contributed by atoms with Gasteiger partial charge in [-0.2, -0.15) is 13.2 Å². The Morgan fingerprint density at radius 2 is 1.82 bits per heavy atom. The van der Waals surface area contributed by atoms with Crippen LogP contribution < -0.4 is 5.73 Å². The molecular weight excluding hydrogens is 281 g/mol. The fraction of sp³-hybridized carbons (Fsp3) is 0.400. The molecule has 0 unspecified atom stereocenters. The summed E-state index contributed by atoms with van der Waals surface area (Å²) in [6.07, 6.45) is -4.51. The van der Waals surface area contributed by atoms with Crippen LogP contribution >= 0.6 is 24.0 Å². The predicted octanol–water partition coefficient (Wildman–Crippen LogP) is 4.14. The molecule has 0 amide bonds. The van der Waals surface area contributed by atoms with E-state index in [-0.39, 0.29) is 29.4 Å². The normalized spacial score (nSPS) is 13.1. The molecule has 0 spiro atoms. The second-order valence-electron chi connectivity index (χ2n) is 3.36. The van der Waals surface area contributed by atoms with E-state index in [9.17, 15) is 17.6 Å². The molecule has 0 aliphatic rings. The van der Waals surface area contributed by atoms with E-state index < -0.39 is 24.5 Å². The van der Waals surface area contributed by atoms with Gasteiger partial charge in [-0.15, -0.1) is 12.4 Å². The highest BCUT2D eigenvalue weighted by Gasteiger charge is 2.31. The zero-order valence-corrected chi connectivity index (χ0v) is 10.2. The molecule has 1 nitrogen and oxygen atoms in total. The molecule has 17 heavy (non-hydrogen) atoms. The van der Waals surface area contributed by atoms with Crippen LogP contribution in [0.25, 0.3) is 0 Å². The van der Waals surface area contributed by atoms with Crippen molar-refractivity contribution in [3.05, 3.63) is 34.3 Å². The second-order valence-corrected chi connectivity index (χ2v) is 3.79. The number of halogens is 6. The van der Waals surface area contributed by atoms with Gasteiger partial charge in [-0.25, -0.2) is 0 Å². The van der Waals surface area contributed by atoms with Crippen LogP contribution in [-0.2, 0) is 6.18 Å². The van der Waals surface area contributed by atoms with Crippen LogP contribution in [0.3, 0.4) is 0 Å². The minimum absolute atomic E-state index is 0. The van der Waals surface area contributed by atoms with E-state index in [4.69, 9.17) is 17.3 Å². The number of nitrogens with two attached hydrogens (primary N) is 1. The Balaban J connectivity index is 0.00000256. The first kappa shape index (κ1) is 16.5. The molecule has 98 valence electrons. The zero-order chi connectivity index (χ0) is 12.3. The maximum atomic E-state index is 12.4. The average Bonchev–Trinajstić information content (AvgIpc) is 2.16. The van der Waals surface area contributed by atoms with E-state index in [0.29, 0.717) is 0 Å². The number of hydrogen-bond acceptors (Lipinski definition) is 1. The summed E-state index contributed by atoms with van der Waals surface area (Å²) in [5.74, 6) is 0. The quantitative estimate of drug-likeness (QED) is 0.832. The molecule has 0 heterocycles. The molecule has 0 saturated carbocycles. The van der Waals surface area contributed by atoms with Crippen molar-refractivity contribution in [1.29, 1.82) is 0 Å². The van der Waals surface area contributed by atoms with Crippen molar-refractivity contribution in [3.8, 4) is 0 Å². The van der Waals surface area contributed by atoms with Crippen LogP contribution in [0.2, 0.25) is 5.02 Å². The summed E-state index contributed by atoms with van der Waals surface area (Å²) >= 11 is 5.55. The van der Waals surface area contributed by atoms with Crippen LogP contribution in [-0.4, -0.2) is 6.67 Å². The molecule has 7 heteroatoms. The maximum Gasteiger partial charge on any atom is 0.416 e. The first-order valence-electron chi connectivity index (χ1n) is 4.54. The highest BCUT2D eigenvalue weighted by Crippen LogP contribution is 2.33. The lowest BCUT2D eigenvalue weighted by atomic mass is 10.0. The van der Waals surface area contributed by atoms with Gasteiger partial charge in [-0.1, -0.05) is 11.6 Å². The highest BCUT2D eigenvalue weighted by molar-refractivity contribution is 6.30. The van der Waals surface area contributed by atoms with Crippen molar-refractivity contribution < 1.29 is 17.6 Å². The van der Waals surface area contributed by atoms with Crippen molar-refractivity contribution in [2.75, 3.05) is 6.67 Å². The summed E-state index contributed by atoms with van der Waals surface area (Å²) in [7, 11) is 0. The molecule has 1 aromatic carbocycles. The summed E-state index contributed by atoms with van der Waals surface area (Å²) < 4.78 is 49.3. The van der Waals surface area contributed by atoms with Gasteiger partial charge in [0.1, 0.15) is 0 Å². The van der Waals surface area contributed by atoms with Crippen molar-refractivity contribution in [1.82, 2.24) is 0 Å². The lowest BCUT2D eigenvalue weighted by molar-refractivity contribution is -0.137. The van der Waals surface area contributed by atoms with Gasteiger partial charge in [0, 0.05) is 11.1 Å². The van der Waals surface area contributed by atoms with Crippen molar-refractivity contribution >= 4 is 24.0 Å². The summed E-state index contributed by atoms with van der Waals surface area (Å²) in [6.45, 7) is -0.685. The van der Waals surface area contributed by atoms with E-state index in [1.165, 1.54) is 6.07 Å². The SMILES string of the molecule is Cl.N[C@H](CCF)c1cc(Cl)cc(C(F)(F)F)c1. The Hall–Kier alpha value is -0.520. The number of hydrogen-bond donors (Lipinski definition) is 1. The largest absolute Gasteiger partial charge is 0.416 e. The molecule has 1 atom stereocenters. The summed E-state index contributed by atoms with van der Waals surface area (Å²) in [6, 6.07) is 2.25. The van der Waals surface area contributed by atoms with Crippen molar-refractivity contribution in [2.45, 2.75) is 18.6 Å². The van der Waals surface area contributed by atoms with Gasteiger partial charge < -0.3 is 5.73 Å². The van der Waals surface area contributed by atoms with Crippen LogP contribution in [0.15, 0.2) is 18.2 Å². The fourth-order valence-electron chi connectivity index (χ4n) is 1.27. The standard InChI is InChI=1S/C10H10ClF4N.ClH/c11-8-4-6(9(16)1-2-12)3-7(5-8)10(13,14)15;/h3-5,9H,1-2,16H2;1H/t9-;/m1./s1. The number of alkyl halides is 4. The van der Waals surface area contributed by atoms with Crippen LogP contribution in [0.1, 0.15) is 23.6 Å². The van der Waals surface area contributed by atoms with Gasteiger partial charge in [0.2, 0.25) is 0 Å². The Bertz CT molecular complexity index is 368. The lowest BCUT2D eigenvalue weighted by Crippen LogP contribution is -2.13. The fourth-order valence-corrected chi connectivity index (χ4v) is 1.52. The monoisotopic (exact) mass is 291 g/mol. The minimum atomic E-state index is -4.48. The smallest absolute Gasteiger partial charge is 0.324 e. The van der Waals surface area contributed by atoms with Crippen LogP contribution in [0, 0.1) is 0 Å². The molecule has 1 rings (SSSR count). The van der Waals surface area contributed by atoms with E-state index in [0.717, 1.165) is 12.1 Å². The summed E-state index contributed by atoms with van der Waals surface area (Å²) in [5.41, 5.74) is 4.84. The Morgan fingerprint density at radius 1 is 1.24 bits per heavy atom. The molecule has 0 radical (unpaired) electrons. The first-order chi connectivity index (χ1) is 7.34. The molecule has 0 fully saturated rings. The second kappa shape index (κ2) is 6.42. The third-order valence-electron chi connectivity index (χ3n) is 2.10. The van der Waals surface area contributed by atoms with Gasteiger partial charge in [-0.05, 0) is 30.2 Å². The van der Waals surface area contributed by atoms with E-state index >= 15 is 0 Å². The van der Waals surface area contributed by atoms with Crippen LogP contribution in [0.4, 0.5) is 17.6 Å². The molecule has 0 saturated heterocycles. The third-order valence-corrected chi connectivity index (χ3v) is 2.31. The number of rotatable bonds is 3. The maximum absolute atomic E-state index is 12.4. The Labute approximate surface area is 107 Å². The molecule has 1 aromatic rings. The van der Waals surface area contributed by atoms with Crippen LogP contribution in [0.5, 0.6) is 0 Å². The van der Waals surface area contributed by atoms with Gasteiger partial charge in [0.15, 0.2) is 0 Å². The van der Waals surface area contributed by atoms with Gasteiger partial charge in [-0.3, -0.25) is 4.39 Å². The topological polar surface area (TPSA) is 26.0 Å². The highest BCUT2D eigenvalue weighted by atomic mass is 35.5.